The number of ketones is 1. The highest BCUT2D eigenvalue weighted by atomic mass is 32.1. The molecule has 0 radical (unpaired) electrons. The Labute approximate surface area is 159 Å². The smallest absolute Gasteiger partial charge is 0.266 e. The topological polar surface area (TPSA) is 68.3 Å². The van der Waals surface area contributed by atoms with Crippen molar-refractivity contribution in [2.45, 2.75) is 26.9 Å². The second-order valence-corrected chi connectivity index (χ2v) is 7.92. The Morgan fingerprint density at radius 1 is 1.15 bits per heavy atom. The Bertz CT molecular complexity index is 928. The number of benzene rings is 1. The molecule has 5 nitrogen and oxygen atoms in total. The summed E-state index contributed by atoms with van der Waals surface area (Å²) in [5, 5.41) is 5.25. The molecule has 0 aliphatic rings. The first-order valence-electron chi connectivity index (χ1n) is 8.03. The third kappa shape index (κ3) is 4.36. The summed E-state index contributed by atoms with van der Waals surface area (Å²) in [6.45, 7) is 5.22. The van der Waals surface area contributed by atoms with Crippen LogP contribution in [0.25, 0.3) is 10.6 Å². The molecule has 0 bridgehead atoms. The molecule has 1 atom stereocenters. The van der Waals surface area contributed by atoms with E-state index in [0.29, 0.717) is 16.4 Å². The first kappa shape index (κ1) is 18.3. The van der Waals surface area contributed by atoms with E-state index in [1.165, 1.54) is 23.1 Å². The van der Waals surface area contributed by atoms with Crippen molar-refractivity contribution < 1.29 is 14.3 Å². The molecule has 7 heteroatoms. The van der Waals surface area contributed by atoms with Gasteiger partial charge in [0.1, 0.15) is 5.75 Å². The van der Waals surface area contributed by atoms with E-state index in [1.54, 1.807) is 42.5 Å². The molecule has 0 saturated heterocycles. The van der Waals surface area contributed by atoms with E-state index in [9.17, 15) is 9.59 Å². The van der Waals surface area contributed by atoms with E-state index in [-0.39, 0.29) is 11.7 Å². The third-order valence-electron chi connectivity index (χ3n) is 3.67. The molecular formula is C19H18N2O3S2. The van der Waals surface area contributed by atoms with Crippen LogP contribution in [0, 0.1) is 6.92 Å². The Balaban J connectivity index is 1.60. The molecule has 2 heterocycles. The second-order valence-electron chi connectivity index (χ2n) is 5.78. The van der Waals surface area contributed by atoms with Gasteiger partial charge in [-0.25, -0.2) is 4.98 Å². The molecule has 26 heavy (non-hydrogen) atoms. The van der Waals surface area contributed by atoms with Crippen LogP contribution in [0.1, 0.15) is 29.1 Å². The molecule has 1 amide bonds. The van der Waals surface area contributed by atoms with Crippen molar-refractivity contribution >= 4 is 39.5 Å². The molecule has 134 valence electrons. The number of aromatic nitrogens is 1. The van der Waals surface area contributed by atoms with Gasteiger partial charge in [-0.2, -0.15) is 0 Å². The number of ether oxygens (including phenoxy) is 1. The van der Waals surface area contributed by atoms with Crippen LogP contribution in [0.2, 0.25) is 0 Å². The fraction of sp³-hybridized carbons (Fsp3) is 0.211. The maximum Gasteiger partial charge on any atom is 0.266 e. The number of hydrogen-bond acceptors (Lipinski definition) is 6. The van der Waals surface area contributed by atoms with Crippen molar-refractivity contribution in [3.05, 3.63) is 52.2 Å². The molecule has 3 aromatic rings. The van der Waals surface area contributed by atoms with Gasteiger partial charge in [-0.05, 0) is 57.2 Å². The van der Waals surface area contributed by atoms with Crippen LogP contribution in [0.15, 0.2) is 41.8 Å². The molecule has 1 aromatic carbocycles. The quantitative estimate of drug-likeness (QED) is 0.619. The number of amides is 1. The summed E-state index contributed by atoms with van der Waals surface area (Å²) in [7, 11) is 0. The highest BCUT2D eigenvalue weighted by Gasteiger charge is 2.17. The van der Waals surface area contributed by atoms with Gasteiger partial charge in [0, 0.05) is 15.8 Å². The lowest BCUT2D eigenvalue weighted by Crippen LogP contribution is -2.30. The van der Waals surface area contributed by atoms with Gasteiger partial charge in [0.25, 0.3) is 5.91 Å². The van der Waals surface area contributed by atoms with Crippen molar-refractivity contribution in [1.29, 1.82) is 0 Å². The fourth-order valence-electron chi connectivity index (χ4n) is 2.25. The van der Waals surface area contributed by atoms with Crippen molar-refractivity contribution in [2.24, 2.45) is 0 Å². The standard InChI is InChI=1S/C19H18N2O3S2/c1-11-4-9-17(26-11)16-10-25-19(20-16)21-18(23)13(3)24-15-7-5-14(6-8-15)12(2)22/h4-10,13H,1-3H3,(H,20,21,23)/t13-/m0/s1. The highest BCUT2D eigenvalue weighted by Crippen LogP contribution is 2.30. The Morgan fingerprint density at radius 3 is 2.50 bits per heavy atom. The predicted octanol–water partition coefficient (Wildman–Crippen LogP) is 4.79. The molecule has 0 aliphatic carbocycles. The molecule has 3 rings (SSSR count). The summed E-state index contributed by atoms with van der Waals surface area (Å²) in [6.07, 6.45) is -0.686. The highest BCUT2D eigenvalue weighted by molar-refractivity contribution is 7.17. The molecular weight excluding hydrogens is 368 g/mol. The summed E-state index contributed by atoms with van der Waals surface area (Å²) < 4.78 is 5.63. The maximum absolute atomic E-state index is 12.3. The number of rotatable bonds is 6. The summed E-state index contributed by atoms with van der Waals surface area (Å²) in [5.41, 5.74) is 1.46. The average Bonchev–Trinajstić information content (AvgIpc) is 3.24. The average molecular weight is 386 g/mol. The lowest BCUT2D eigenvalue weighted by Gasteiger charge is -2.13. The van der Waals surface area contributed by atoms with Crippen molar-refractivity contribution in [1.82, 2.24) is 4.98 Å². The lowest BCUT2D eigenvalue weighted by molar-refractivity contribution is -0.122. The number of carbonyl (C=O) groups is 2. The SMILES string of the molecule is CC(=O)c1ccc(O[C@@H](C)C(=O)Nc2nc(-c3ccc(C)s3)cs2)cc1. The fourth-order valence-corrected chi connectivity index (χ4v) is 3.87. The first-order valence-corrected chi connectivity index (χ1v) is 9.73. The van der Waals surface area contributed by atoms with E-state index in [0.717, 1.165) is 10.6 Å². The number of nitrogens with zero attached hydrogens (tertiary/aromatic N) is 1. The number of Topliss-reactive ketones (excluding diaryl/α,β-unsaturated/α-hetero) is 1. The van der Waals surface area contributed by atoms with E-state index >= 15 is 0 Å². The van der Waals surface area contributed by atoms with E-state index in [2.05, 4.69) is 10.3 Å². The van der Waals surface area contributed by atoms with Gasteiger partial charge in [-0.3, -0.25) is 14.9 Å². The molecule has 0 spiro atoms. The van der Waals surface area contributed by atoms with Crippen LogP contribution < -0.4 is 10.1 Å². The van der Waals surface area contributed by atoms with Gasteiger partial charge in [0.15, 0.2) is 17.0 Å². The van der Waals surface area contributed by atoms with E-state index in [1.807, 2.05) is 24.4 Å². The number of thiazole rings is 1. The molecule has 0 unspecified atom stereocenters. The zero-order chi connectivity index (χ0) is 18.7. The van der Waals surface area contributed by atoms with E-state index in [4.69, 9.17) is 4.74 Å². The summed E-state index contributed by atoms with van der Waals surface area (Å²) in [5.74, 6) is 0.248. The van der Waals surface area contributed by atoms with Crippen LogP contribution in [-0.4, -0.2) is 22.8 Å². The molecule has 2 aromatic heterocycles. The number of aryl methyl sites for hydroxylation is 1. The van der Waals surface area contributed by atoms with Crippen LogP contribution in [0.4, 0.5) is 5.13 Å². The van der Waals surface area contributed by atoms with Crippen LogP contribution >= 0.6 is 22.7 Å². The Morgan fingerprint density at radius 2 is 1.88 bits per heavy atom. The van der Waals surface area contributed by atoms with Crippen molar-refractivity contribution in [3.63, 3.8) is 0 Å². The number of hydrogen-bond donors (Lipinski definition) is 1. The van der Waals surface area contributed by atoms with Gasteiger partial charge in [-0.15, -0.1) is 22.7 Å². The molecule has 0 saturated carbocycles. The maximum atomic E-state index is 12.3. The van der Waals surface area contributed by atoms with Crippen LogP contribution in [-0.2, 0) is 4.79 Å². The normalized spacial score (nSPS) is 11.8. The van der Waals surface area contributed by atoms with E-state index < -0.39 is 6.10 Å². The number of anilines is 1. The minimum Gasteiger partial charge on any atom is -0.481 e. The van der Waals surface area contributed by atoms with Crippen molar-refractivity contribution in [3.8, 4) is 16.3 Å². The largest absolute Gasteiger partial charge is 0.481 e. The van der Waals surface area contributed by atoms with Gasteiger partial charge in [-0.1, -0.05) is 0 Å². The van der Waals surface area contributed by atoms with Crippen LogP contribution in [0.3, 0.4) is 0 Å². The predicted molar refractivity (Wildman–Crippen MR) is 105 cm³/mol. The molecule has 1 N–H and O–H groups in total. The molecule has 0 fully saturated rings. The van der Waals surface area contributed by atoms with Crippen LogP contribution in [0.5, 0.6) is 5.75 Å². The number of thiophene rings is 1. The van der Waals surface area contributed by atoms with Gasteiger partial charge < -0.3 is 4.74 Å². The van der Waals surface area contributed by atoms with Gasteiger partial charge >= 0.3 is 0 Å². The summed E-state index contributed by atoms with van der Waals surface area (Å²) >= 11 is 3.05. The minimum absolute atomic E-state index is 0.0113. The summed E-state index contributed by atoms with van der Waals surface area (Å²) in [6, 6.07) is 10.8. The lowest BCUT2D eigenvalue weighted by atomic mass is 10.1. The second kappa shape index (κ2) is 7.80. The zero-order valence-electron chi connectivity index (χ0n) is 14.6. The van der Waals surface area contributed by atoms with Gasteiger partial charge in [0.05, 0.1) is 10.6 Å². The monoisotopic (exact) mass is 386 g/mol. The first-order chi connectivity index (χ1) is 12.4. The summed E-state index contributed by atoms with van der Waals surface area (Å²) in [4.78, 5) is 30.4. The van der Waals surface area contributed by atoms with Crippen molar-refractivity contribution in [2.75, 3.05) is 5.32 Å². The molecule has 0 aliphatic heterocycles. The Hall–Kier alpha value is -2.51. The van der Waals surface area contributed by atoms with Gasteiger partial charge in [0.2, 0.25) is 0 Å². The minimum atomic E-state index is -0.686. The number of carbonyl (C=O) groups excluding carboxylic acids is 2. The zero-order valence-corrected chi connectivity index (χ0v) is 16.2. The Kier molecular flexibility index (Phi) is 5.49. The number of nitrogens with one attached hydrogen (secondary N) is 1. The third-order valence-corrected chi connectivity index (χ3v) is 5.45.